The van der Waals surface area contributed by atoms with E-state index in [2.05, 4.69) is 48.6 Å². The zero-order chi connectivity index (χ0) is 14.0. The van der Waals surface area contributed by atoms with Crippen molar-refractivity contribution >= 4 is 0 Å². The molecule has 2 heteroatoms. The first-order chi connectivity index (χ1) is 9.88. The van der Waals surface area contributed by atoms with Gasteiger partial charge in [0, 0.05) is 6.04 Å². The predicted octanol–water partition coefficient (Wildman–Crippen LogP) is 4.21. The van der Waals surface area contributed by atoms with Crippen molar-refractivity contribution in [1.29, 1.82) is 0 Å². The molecule has 0 amide bonds. The van der Waals surface area contributed by atoms with Crippen molar-refractivity contribution < 1.29 is 4.42 Å². The molecular formula is C18H25NO. The minimum absolute atomic E-state index is 0.552. The van der Waals surface area contributed by atoms with Crippen LogP contribution in [-0.2, 0) is 12.8 Å². The van der Waals surface area contributed by atoms with Gasteiger partial charge in [-0.15, -0.1) is 0 Å². The highest BCUT2D eigenvalue weighted by Crippen LogP contribution is 2.11. The molecule has 2 nitrogen and oxygen atoms in total. The Kier molecular flexibility index (Phi) is 6.39. The molecule has 1 N–H and O–H groups in total. The number of furan rings is 1. The number of nitrogens with one attached hydrogen (secondary N) is 1. The van der Waals surface area contributed by atoms with Gasteiger partial charge in [-0.05, 0) is 55.8 Å². The van der Waals surface area contributed by atoms with Crippen LogP contribution < -0.4 is 5.32 Å². The topological polar surface area (TPSA) is 25.2 Å². The van der Waals surface area contributed by atoms with E-state index in [-0.39, 0.29) is 0 Å². The summed E-state index contributed by atoms with van der Waals surface area (Å²) in [5.74, 6) is 0. The van der Waals surface area contributed by atoms with Crippen LogP contribution in [0.4, 0.5) is 0 Å². The summed E-state index contributed by atoms with van der Waals surface area (Å²) in [6, 6.07) is 13.4. The molecule has 0 spiro atoms. The lowest BCUT2D eigenvalue weighted by Gasteiger charge is -2.17. The third-order valence-corrected chi connectivity index (χ3v) is 3.61. The summed E-state index contributed by atoms with van der Waals surface area (Å²) in [5.41, 5.74) is 2.73. The van der Waals surface area contributed by atoms with E-state index in [0.29, 0.717) is 6.04 Å². The van der Waals surface area contributed by atoms with Crippen LogP contribution in [0.15, 0.2) is 53.3 Å². The first kappa shape index (κ1) is 14.9. The van der Waals surface area contributed by atoms with E-state index < -0.39 is 0 Å². The third kappa shape index (κ3) is 5.22. The molecule has 0 aliphatic carbocycles. The second-order valence-electron chi connectivity index (χ2n) is 5.36. The maximum Gasteiger partial charge on any atom is 0.0935 e. The molecule has 0 radical (unpaired) electrons. The maximum absolute atomic E-state index is 5.17. The second kappa shape index (κ2) is 8.60. The average Bonchev–Trinajstić information content (AvgIpc) is 2.98. The van der Waals surface area contributed by atoms with Crippen LogP contribution in [0, 0.1) is 0 Å². The van der Waals surface area contributed by atoms with Crippen molar-refractivity contribution in [2.24, 2.45) is 0 Å². The third-order valence-electron chi connectivity index (χ3n) is 3.61. The fraction of sp³-hybridized carbons (Fsp3) is 0.444. The molecule has 2 aromatic rings. The average molecular weight is 271 g/mol. The number of aryl methyl sites for hydroxylation is 1. The largest absolute Gasteiger partial charge is 0.472 e. The lowest BCUT2D eigenvalue weighted by Crippen LogP contribution is -2.31. The van der Waals surface area contributed by atoms with Crippen LogP contribution in [0.2, 0.25) is 0 Å². The first-order valence-corrected chi connectivity index (χ1v) is 7.67. The summed E-state index contributed by atoms with van der Waals surface area (Å²) < 4.78 is 5.17. The molecule has 0 saturated heterocycles. The molecule has 1 unspecified atom stereocenters. The van der Waals surface area contributed by atoms with Crippen LogP contribution in [0.3, 0.4) is 0 Å². The minimum atomic E-state index is 0.552. The van der Waals surface area contributed by atoms with Gasteiger partial charge in [0.2, 0.25) is 0 Å². The fourth-order valence-electron chi connectivity index (χ4n) is 2.52. The Hall–Kier alpha value is -1.54. The van der Waals surface area contributed by atoms with E-state index in [1.54, 1.807) is 6.26 Å². The number of rotatable bonds is 9. The van der Waals surface area contributed by atoms with Crippen molar-refractivity contribution in [3.8, 4) is 0 Å². The Morgan fingerprint density at radius 3 is 2.65 bits per heavy atom. The lowest BCUT2D eigenvalue weighted by atomic mass is 10.0. The number of hydrogen-bond acceptors (Lipinski definition) is 2. The van der Waals surface area contributed by atoms with E-state index in [0.717, 1.165) is 19.4 Å². The van der Waals surface area contributed by atoms with Crippen molar-refractivity contribution in [3.63, 3.8) is 0 Å². The van der Waals surface area contributed by atoms with Gasteiger partial charge in [0.15, 0.2) is 0 Å². The summed E-state index contributed by atoms with van der Waals surface area (Å²) >= 11 is 0. The van der Waals surface area contributed by atoms with E-state index >= 15 is 0 Å². The lowest BCUT2D eigenvalue weighted by molar-refractivity contribution is 0.462. The Morgan fingerprint density at radius 2 is 1.95 bits per heavy atom. The maximum atomic E-state index is 5.17. The van der Waals surface area contributed by atoms with Crippen LogP contribution in [0.25, 0.3) is 0 Å². The van der Waals surface area contributed by atoms with Crippen molar-refractivity contribution in [2.45, 2.75) is 45.1 Å². The minimum Gasteiger partial charge on any atom is -0.472 e. The summed E-state index contributed by atoms with van der Waals surface area (Å²) in [5, 5.41) is 3.65. The molecule has 1 atom stereocenters. The van der Waals surface area contributed by atoms with Gasteiger partial charge in [-0.1, -0.05) is 37.3 Å². The summed E-state index contributed by atoms with van der Waals surface area (Å²) in [6.45, 7) is 3.31. The molecule has 0 bridgehead atoms. The number of benzene rings is 1. The Labute approximate surface area is 122 Å². The van der Waals surface area contributed by atoms with Crippen molar-refractivity contribution in [3.05, 3.63) is 60.1 Å². The highest BCUT2D eigenvalue weighted by molar-refractivity contribution is 5.14. The fourth-order valence-corrected chi connectivity index (χ4v) is 2.52. The second-order valence-corrected chi connectivity index (χ2v) is 5.36. The quantitative estimate of drug-likeness (QED) is 0.739. The standard InChI is InChI=1S/C18H25NO/c1-2-12-19-18(14-17-11-13-20-15-17)10-6-9-16-7-4-3-5-8-16/h3-5,7-8,11,13,15,18-19H,2,6,9-10,12,14H2,1H3. The van der Waals surface area contributed by atoms with E-state index in [1.165, 1.54) is 30.4 Å². The summed E-state index contributed by atoms with van der Waals surface area (Å²) in [4.78, 5) is 0. The molecule has 0 fully saturated rings. The van der Waals surface area contributed by atoms with Crippen LogP contribution >= 0.6 is 0 Å². The van der Waals surface area contributed by atoms with E-state index in [4.69, 9.17) is 4.42 Å². The molecule has 1 heterocycles. The van der Waals surface area contributed by atoms with Gasteiger partial charge in [0.05, 0.1) is 12.5 Å². The van der Waals surface area contributed by atoms with Gasteiger partial charge in [-0.3, -0.25) is 0 Å². The Bertz CT molecular complexity index is 450. The SMILES string of the molecule is CCCNC(CCCc1ccccc1)Cc1ccoc1. The zero-order valence-corrected chi connectivity index (χ0v) is 12.3. The molecule has 2 rings (SSSR count). The number of hydrogen-bond donors (Lipinski definition) is 1. The zero-order valence-electron chi connectivity index (χ0n) is 12.3. The smallest absolute Gasteiger partial charge is 0.0935 e. The van der Waals surface area contributed by atoms with Gasteiger partial charge < -0.3 is 9.73 Å². The Morgan fingerprint density at radius 1 is 1.10 bits per heavy atom. The normalized spacial score (nSPS) is 12.4. The first-order valence-electron chi connectivity index (χ1n) is 7.67. The van der Waals surface area contributed by atoms with Gasteiger partial charge in [-0.25, -0.2) is 0 Å². The Balaban J connectivity index is 1.78. The summed E-state index contributed by atoms with van der Waals surface area (Å²) in [7, 11) is 0. The molecule has 1 aromatic heterocycles. The highest BCUT2D eigenvalue weighted by atomic mass is 16.3. The van der Waals surface area contributed by atoms with Gasteiger partial charge >= 0.3 is 0 Å². The molecule has 1 aromatic carbocycles. The van der Waals surface area contributed by atoms with Crippen LogP contribution in [0.5, 0.6) is 0 Å². The van der Waals surface area contributed by atoms with Crippen LogP contribution in [-0.4, -0.2) is 12.6 Å². The molecule has 20 heavy (non-hydrogen) atoms. The van der Waals surface area contributed by atoms with Crippen LogP contribution in [0.1, 0.15) is 37.3 Å². The van der Waals surface area contributed by atoms with Crippen molar-refractivity contribution in [2.75, 3.05) is 6.54 Å². The van der Waals surface area contributed by atoms with Gasteiger partial charge in [0.25, 0.3) is 0 Å². The highest BCUT2D eigenvalue weighted by Gasteiger charge is 2.09. The predicted molar refractivity (Wildman–Crippen MR) is 83.9 cm³/mol. The summed E-state index contributed by atoms with van der Waals surface area (Å²) in [6.07, 6.45) is 9.46. The molecular weight excluding hydrogens is 246 g/mol. The van der Waals surface area contributed by atoms with Gasteiger partial charge in [0.1, 0.15) is 0 Å². The van der Waals surface area contributed by atoms with Crippen molar-refractivity contribution in [1.82, 2.24) is 5.32 Å². The monoisotopic (exact) mass is 271 g/mol. The molecule has 0 saturated carbocycles. The van der Waals surface area contributed by atoms with Gasteiger partial charge in [-0.2, -0.15) is 0 Å². The molecule has 0 aliphatic rings. The van der Waals surface area contributed by atoms with E-state index in [1.807, 2.05) is 6.26 Å². The molecule has 108 valence electrons. The van der Waals surface area contributed by atoms with E-state index in [9.17, 15) is 0 Å². The molecule has 0 aliphatic heterocycles.